The lowest BCUT2D eigenvalue weighted by Gasteiger charge is -2.05. The van der Waals surface area contributed by atoms with E-state index in [0.717, 1.165) is 17.2 Å². The van der Waals surface area contributed by atoms with E-state index in [1.165, 1.54) is 5.56 Å². The van der Waals surface area contributed by atoms with Crippen LogP contribution in [0.4, 0.5) is 0 Å². The number of benzene rings is 1. The first-order valence-corrected chi connectivity index (χ1v) is 5.78. The van der Waals surface area contributed by atoms with E-state index in [0.29, 0.717) is 0 Å². The number of hydrogen-bond donors (Lipinski definition) is 0. The standard InChI is InChI=1S/C12H14N2S/c1-14(2)8-11-9-15-12(13-11)10-6-4-3-5-7-10/h3-7,9H,8H2,1-2H3. The minimum Gasteiger partial charge on any atom is -0.304 e. The second-order valence-electron chi connectivity index (χ2n) is 3.75. The molecule has 78 valence electrons. The third-order valence-corrected chi connectivity index (χ3v) is 2.99. The summed E-state index contributed by atoms with van der Waals surface area (Å²) in [7, 11) is 4.11. The number of thiazole rings is 1. The third-order valence-electron chi connectivity index (χ3n) is 2.05. The van der Waals surface area contributed by atoms with Gasteiger partial charge in [0.25, 0.3) is 0 Å². The van der Waals surface area contributed by atoms with Gasteiger partial charge in [-0.1, -0.05) is 30.3 Å². The van der Waals surface area contributed by atoms with Gasteiger partial charge in [0.2, 0.25) is 0 Å². The van der Waals surface area contributed by atoms with Crippen LogP contribution in [-0.2, 0) is 6.54 Å². The van der Waals surface area contributed by atoms with Crippen LogP contribution in [0.25, 0.3) is 10.6 Å². The van der Waals surface area contributed by atoms with Crippen molar-refractivity contribution in [1.29, 1.82) is 0 Å². The van der Waals surface area contributed by atoms with Gasteiger partial charge in [-0.25, -0.2) is 4.98 Å². The Labute approximate surface area is 94.2 Å². The molecule has 0 aliphatic carbocycles. The van der Waals surface area contributed by atoms with Crippen LogP contribution in [0.1, 0.15) is 5.69 Å². The first-order valence-electron chi connectivity index (χ1n) is 4.90. The van der Waals surface area contributed by atoms with Crippen molar-refractivity contribution < 1.29 is 0 Å². The van der Waals surface area contributed by atoms with Gasteiger partial charge in [0.05, 0.1) is 5.69 Å². The van der Waals surface area contributed by atoms with Gasteiger partial charge in [0.1, 0.15) is 5.01 Å². The maximum Gasteiger partial charge on any atom is 0.123 e. The fourth-order valence-corrected chi connectivity index (χ4v) is 2.23. The average Bonchev–Trinajstić information content (AvgIpc) is 2.67. The quantitative estimate of drug-likeness (QED) is 0.787. The van der Waals surface area contributed by atoms with Crippen molar-refractivity contribution in [1.82, 2.24) is 9.88 Å². The van der Waals surface area contributed by atoms with E-state index >= 15 is 0 Å². The first-order chi connectivity index (χ1) is 7.25. The van der Waals surface area contributed by atoms with Crippen LogP contribution in [0.3, 0.4) is 0 Å². The van der Waals surface area contributed by atoms with Crippen molar-refractivity contribution in [2.45, 2.75) is 6.54 Å². The molecule has 3 heteroatoms. The molecule has 0 unspecified atom stereocenters. The van der Waals surface area contributed by atoms with E-state index in [4.69, 9.17) is 0 Å². The fraction of sp³-hybridized carbons (Fsp3) is 0.250. The molecule has 2 rings (SSSR count). The Morgan fingerprint density at radius 1 is 1.20 bits per heavy atom. The molecule has 0 fully saturated rings. The first kappa shape index (κ1) is 10.3. The van der Waals surface area contributed by atoms with Crippen LogP contribution < -0.4 is 0 Å². The SMILES string of the molecule is CN(C)Cc1csc(-c2ccccc2)n1. The topological polar surface area (TPSA) is 16.1 Å². The van der Waals surface area contributed by atoms with Crippen LogP contribution in [0.15, 0.2) is 35.7 Å². The molecule has 0 saturated carbocycles. The average molecular weight is 218 g/mol. The summed E-state index contributed by atoms with van der Waals surface area (Å²) < 4.78 is 0. The highest BCUT2D eigenvalue weighted by Gasteiger charge is 2.04. The molecule has 1 aromatic carbocycles. The lowest BCUT2D eigenvalue weighted by atomic mass is 10.2. The van der Waals surface area contributed by atoms with Crippen LogP contribution in [0.5, 0.6) is 0 Å². The summed E-state index contributed by atoms with van der Waals surface area (Å²) >= 11 is 1.71. The van der Waals surface area contributed by atoms with Crippen molar-refractivity contribution >= 4 is 11.3 Å². The molecule has 0 spiro atoms. The minimum atomic E-state index is 0.906. The molecule has 0 N–H and O–H groups in total. The van der Waals surface area contributed by atoms with E-state index in [-0.39, 0.29) is 0 Å². The monoisotopic (exact) mass is 218 g/mol. The van der Waals surface area contributed by atoms with Crippen molar-refractivity contribution in [3.63, 3.8) is 0 Å². The van der Waals surface area contributed by atoms with Crippen LogP contribution in [0, 0.1) is 0 Å². The van der Waals surface area contributed by atoms with Gasteiger partial charge in [-0.15, -0.1) is 11.3 Å². The molecule has 0 aliphatic rings. The smallest absolute Gasteiger partial charge is 0.123 e. The highest BCUT2D eigenvalue weighted by molar-refractivity contribution is 7.13. The van der Waals surface area contributed by atoms with Gasteiger partial charge in [0, 0.05) is 17.5 Å². The van der Waals surface area contributed by atoms with Gasteiger partial charge in [-0.05, 0) is 14.1 Å². The molecular weight excluding hydrogens is 204 g/mol. The Kier molecular flexibility index (Phi) is 3.14. The maximum absolute atomic E-state index is 4.60. The summed E-state index contributed by atoms with van der Waals surface area (Å²) in [6, 6.07) is 10.3. The van der Waals surface area contributed by atoms with Crippen LogP contribution >= 0.6 is 11.3 Å². The zero-order chi connectivity index (χ0) is 10.7. The molecule has 0 aliphatic heterocycles. The second-order valence-corrected chi connectivity index (χ2v) is 4.61. The van der Waals surface area contributed by atoms with E-state index in [9.17, 15) is 0 Å². The number of rotatable bonds is 3. The molecule has 2 aromatic rings. The van der Waals surface area contributed by atoms with Gasteiger partial charge < -0.3 is 4.90 Å². The lowest BCUT2D eigenvalue weighted by Crippen LogP contribution is -2.10. The Bertz CT molecular complexity index is 420. The van der Waals surface area contributed by atoms with Crippen molar-refractivity contribution in [2.75, 3.05) is 14.1 Å². The van der Waals surface area contributed by atoms with Crippen LogP contribution in [-0.4, -0.2) is 24.0 Å². The molecule has 1 heterocycles. The van der Waals surface area contributed by atoms with E-state index in [1.807, 2.05) is 18.2 Å². The second kappa shape index (κ2) is 4.55. The largest absolute Gasteiger partial charge is 0.304 e. The third kappa shape index (κ3) is 2.64. The van der Waals surface area contributed by atoms with E-state index in [2.05, 4.69) is 41.5 Å². The normalized spacial score (nSPS) is 10.9. The Hall–Kier alpha value is -1.19. The van der Waals surface area contributed by atoms with E-state index < -0.39 is 0 Å². The maximum atomic E-state index is 4.60. The number of nitrogens with zero attached hydrogens (tertiary/aromatic N) is 2. The molecule has 2 nitrogen and oxygen atoms in total. The summed E-state index contributed by atoms with van der Waals surface area (Å²) in [6.45, 7) is 0.906. The summed E-state index contributed by atoms with van der Waals surface area (Å²) in [6.07, 6.45) is 0. The van der Waals surface area contributed by atoms with Crippen molar-refractivity contribution in [3.8, 4) is 10.6 Å². The van der Waals surface area contributed by atoms with Crippen LogP contribution in [0.2, 0.25) is 0 Å². The molecule has 15 heavy (non-hydrogen) atoms. The predicted octanol–water partition coefficient (Wildman–Crippen LogP) is 2.87. The summed E-state index contributed by atoms with van der Waals surface area (Å²) in [4.78, 5) is 6.73. The minimum absolute atomic E-state index is 0.906. The Morgan fingerprint density at radius 2 is 1.93 bits per heavy atom. The molecule has 1 aromatic heterocycles. The van der Waals surface area contributed by atoms with Gasteiger partial charge in [-0.2, -0.15) is 0 Å². The summed E-state index contributed by atoms with van der Waals surface area (Å²) in [5, 5.41) is 3.23. The Morgan fingerprint density at radius 3 is 2.60 bits per heavy atom. The molecular formula is C12H14N2S. The van der Waals surface area contributed by atoms with Gasteiger partial charge in [0.15, 0.2) is 0 Å². The molecule has 0 atom stereocenters. The van der Waals surface area contributed by atoms with Crippen molar-refractivity contribution in [2.24, 2.45) is 0 Å². The highest BCUT2D eigenvalue weighted by atomic mass is 32.1. The van der Waals surface area contributed by atoms with Gasteiger partial charge in [-0.3, -0.25) is 0 Å². The molecule has 0 amide bonds. The Balaban J connectivity index is 2.21. The predicted molar refractivity (Wildman–Crippen MR) is 64.9 cm³/mol. The van der Waals surface area contributed by atoms with Crippen molar-refractivity contribution in [3.05, 3.63) is 41.4 Å². The van der Waals surface area contributed by atoms with Gasteiger partial charge >= 0.3 is 0 Å². The molecule has 0 saturated heterocycles. The molecule has 0 radical (unpaired) electrons. The number of aromatic nitrogens is 1. The highest BCUT2D eigenvalue weighted by Crippen LogP contribution is 2.23. The zero-order valence-corrected chi connectivity index (χ0v) is 9.79. The van der Waals surface area contributed by atoms with E-state index in [1.54, 1.807) is 11.3 Å². The molecule has 0 bridgehead atoms. The summed E-state index contributed by atoms with van der Waals surface area (Å²) in [5.41, 5.74) is 2.34. The summed E-state index contributed by atoms with van der Waals surface area (Å²) in [5.74, 6) is 0. The number of hydrogen-bond acceptors (Lipinski definition) is 3. The lowest BCUT2D eigenvalue weighted by molar-refractivity contribution is 0.398. The zero-order valence-electron chi connectivity index (χ0n) is 8.97. The fourth-order valence-electron chi connectivity index (χ4n) is 1.42.